The van der Waals surface area contributed by atoms with Gasteiger partial charge >= 0.3 is 0 Å². The smallest absolute Gasteiger partial charge is 0.227 e. The molecule has 0 amide bonds. The molecule has 7 nitrogen and oxygen atoms in total. The molecule has 1 atom stereocenters. The maximum Gasteiger partial charge on any atom is 0.227 e. The molecule has 0 aromatic carbocycles. The van der Waals surface area contributed by atoms with E-state index >= 15 is 0 Å². The Kier molecular flexibility index (Phi) is 4.03. The van der Waals surface area contributed by atoms with Crippen LogP contribution in [0.4, 0.5) is 0 Å². The molecule has 2 aromatic heterocycles. The van der Waals surface area contributed by atoms with Crippen LogP contribution in [0.3, 0.4) is 0 Å². The first-order valence-corrected chi connectivity index (χ1v) is 5.79. The summed E-state index contributed by atoms with van der Waals surface area (Å²) in [6.45, 7) is 1.96. The topological polar surface area (TPSA) is 97.7 Å². The lowest BCUT2D eigenvalue weighted by Crippen LogP contribution is -1.98. The lowest BCUT2D eigenvalue weighted by atomic mass is 10.1. The average molecular weight is 259 g/mol. The zero-order chi connectivity index (χ0) is 13.7. The van der Waals surface area contributed by atoms with E-state index in [9.17, 15) is 0 Å². The molecule has 2 heterocycles. The van der Waals surface area contributed by atoms with Gasteiger partial charge in [0.15, 0.2) is 0 Å². The molecule has 1 unspecified atom stereocenters. The van der Waals surface area contributed by atoms with Crippen molar-refractivity contribution in [2.45, 2.75) is 19.8 Å². The van der Waals surface area contributed by atoms with Crippen molar-refractivity contribution in [3.8, 4) is 23.5 Å². The first-order chi connectivity index (χ1) is 9.22. The fourth-order valence-electron chi connectivity index (χ4n) is 1.54. The van der Waals surface area contributed by atoms with Crippen LogP contribution in [0.2, 0.25) is 0 Å². The van der Waals surface area contributed by atoms with E-state index in [4.69, 9.17) is 14.5 Å². The van der Waals surface area contributed by atoms with Gasteiger partial charge in [-0.1, -0.05) is 12.1 Å². The molecule has 2 aromatic rings. The predicted molar refractivity (Wildman–Crippen MR) is 65.0 cm³/mol. The monoisotopic (exact) mass is 259 g/mol. The second-order valence-corrected chi connectivity index (χ2v) is 4.13. The fraction of sp³-hybridized carbons (Fsp3) is 0.417. The Labute approximate surface area is 110 Å². The van der Waals surface area contributed by atoms with Gasteiger partial charge in [-0.3, -0.25) is 0 Å². The SMILES string of the molecule is COc1cc(-c2noc(CC(C)CC#N)n2)ncn1. The van der Waals surface area contributed by atoms with Crippen LogP contribution in [0.15, 0.2) is 16.9 Å². The largest absolute Gasteiger partial charge is 0.481 e. The highest BCUT2D eigenvalue weighted by Gasteiger charge is 2.13. The van der Waals surface area contributed by atoms with E-state index in [0.29, 0.717) is 36.1 Å². The Bertz CT molecular complexity index is 590. The van der Waals surface area contributed by atoms with E-state index in [0.717, 1.165) is 0 Å². The maximum absolute atomic E-state index is 8.61. The van der Waals surface area contributed by atoms with Crippen molar-refractivity contribution < 1.29 is 9.26 Å². The van der Waals surface area contributed by atoms with Gasteiger partial charge in [-0.25, -0.2) is 9.97 Å². The van der Waals surface area contributed by atoms with Gasteiger partial charge in [0.2, 0.25) is 17.6 Å². The third kappa shape index (κ3) is 3.25. The van der Waals surface area contributed by atoms with Crippen molar-refractivity contribution in [2.75, 3.05) is 7.11 Å². The highest BCUT2D eigenvalue weighted by atomic mass is 16.5. The van der Waals surface area contributed by atoms with Gasteiger partial charge in [0.25, 0.3) is 0 Å². The van der Waals surface area contributed by atoms with Crippen LogP contribution >= 0.6 is 0 Å². The van der Waals surface area contributed by atoms with E-state index in [2.05, 4.69) is 26.2 Å². The molecule has 0 N–H and O–H groups in total. The molecule has 7 heteroatoms. The van der Waals surface area contributed by atoms with Gasteiger partial charge in [0.1, 0.15) is 12.0 Å². The second-order valence-electron chi connectivity index (χ2n) is 4.13. The fourth-order valence-corrected chi connectivity index (χ4v) is 1.54. The summed E-state index contributed by atoms with van der Waals surface area (Å²) < 4.78 is 10.1. The second kappa shape index (κ2) is 5.91. The van der Waals surface area contributed by atoms with Crippen LogP contribution in [0, 0.1) is 17.2 Å². The summed E-state index contributed by atoms with van der Waals surface area (Å²) in [5.74, 6) is 1.50. The van der Waals surface area contributed by atoms with Crippen molar-refractivity contribution >= 4 is 0 Å². The van der Waals surface area contributed by atoms with Crippen LogP contribution in [-0.4, -0.2) is 27.2 Å². The summed E-state index contributed by atoms with van der Waals surface area (Å²) in [5.41, 5.74) is 0.537. The van der Waals surface area contributed by atoms with Gasteiger partial charge in [0.05, 0.1) is 13.2 Å². The summed E-state index contributed by atoms with van der Waals surface area (Å²) in [6, 6.07) is 3.75. The van der Waals surface area contributed by atoms with Gasteiger partial charge in [-0.2, -0.15) is 10.2 Å². The van der Waals surface area contributed by atoms with Crippen LogP contribution < -0.4 is 4.74 Å². The number of nitrogens with zero attached hydrogens (tertiary/aromatic N) is 5. The molecule has 0 spiro atoms. The normalized spacial score (nSPS) is 11.8. The molecule has 2 rings (SSSR count). The zero-order valence-electron chi connectivity index (χ0n) is 10.7. The van der Waals surface area contributed by atoms with Gasteiger partial charge in [-0.05, 0) is 5.92 Å². The van der Waals surface area contributed by atoms with Crippen molar-refractivity contribution in [1.82, 2.24) is 20.1 Å². The Hall–Kier alpha value is -2.49. The molecule has 0 saturated heterocycles. The summed E-state index contributed by atoms with van der Waals surface area (Å²) in [4.78, 5) is 12.2. The summed E-state index contributed by atoms with van der Waals surface area (Å²) in [6.07, 6.45) is 2.41. The highest BCUT2D eigenvalue weighted by Crippen LogP contribution is 2.18. The molecule has 0 bridgehead atoms. The van der Waals surface area contributed by atoms with Crippen LogP contribution in [-0.2, 0) is 6.42 Å². The first kappa shape index (κ1) is 13.0. The van der Waals surface area contributed by atoms with Crippen molar-refractivity contribution in [1.29, 1.82) is 5.26 Å². The number of hydrogen-bond donors (Lipinski definition) is 0. The summed E-state index contributed by atoms with van der Waals surface area (Å²) in [5, 5.41) is 12.5. The third-order valence-electron chi connectivity index (χ3n) is 2.51. The van der Waals surface area contributed by atoms with E-state index in [1.807, 2.05) is 6.92 Å². The number of ether oxygens (including phenoxy) is 1. The number of aromatic nitrogens is 4. The quantitative estimate of drug-likeness (QED) is 0.804. The average Bonchev–Trinajstić information content (AvgIpc) is 2.87. The number of nitriles is 1. The minimum Gasteiger partial charge on any atom is -0.481 e. The zero-order valence-corrected chi connectivity index (χ0v) is 10.7. The molecule has 0 radical (unpaired) electrons. The number of hydrogen-bond acceptors (Lipinski definition) is 7. The van der Waals surface area contributed by atoms with Crippen LogP contribution in [0.25, 0.3) is 11.5 Å². The minimum absolute atomic E-state index is 0.179. The summed E-state index contributed by atoms with van der Waals surface area (Å²) >= 11 is 0. The van der Waals surface area contributed by atoms with Gasteiger partial charge < -0.3 is 9.26 Å². The minimum atomic E-state index is 0.179. The summed E-state index contributed by atoms with van der Waals surface area (Å²) in [7, 11) is 1.53. The van der Waals surface area contributed by atoms with Crippen molar-refractivity contribution in [3.05, 3.63) is 18.3 Å². The lowest BCUT2D eigenvalue weighted by molar-refractivity contribution is 0.359. The van der Waals surface area contributed by atoms with Crippen molar-refractivity contribution in [2.24, 2.45) is 5.92 Å². The molecule has 19 heavy (non-hydrogen) atoms. The Morgan fingerprint density at radius 2 is 2.32 bits per heavy atom. The van der Waals surface area contributed by atoms with E-state index < -0.39 is 0 Å². The number of rotatable bonds is 5. The highest BCUT2D eigenvalue weighted by molar-refractivity contribution is 5.49. The third-order valence-corrected chi connectivity index (χ3v) is 2.51. The molecule has 0 aliphatic carbocycles. The Balaban J connectivity index is 2.14. The molecule has 0 aliphatic heterocycles. The maximum atomic E-state index is 8.61. The van der Waals surface area contributed by atoms with Crippen LogP contribution in [0.5, 0.6) is 5.88 Å². The van der Waals surface area contributed by atoms with E-state index in [-0.39, 0.29) is 5.92 Å². The van der Waals surface area contributed by atoms with Gasteiger partial charge in [0, 0.05) is 18.9 Å². The molecular weight excluding hydrogens is 246 g/mol. The molecule has 0 aliphatic rings. The lowest BCUT2D eigenvalue weighted by Gasteiger charge is -2.00. The van der Waals surface area contributed by atoms with Crippen molar-refractivity contribution in [3.63, 3.8) is 0 Å². The first-order valence-electron chi connectivity index (χ1n) is 5.79. The molecule has 98 valence electrons. The van der Waals surface area contributed by atoms with E-state index in [1.165, 1.54) is 13.4 Å². The van der Waals surface area contributed by atoms with E-state index in [1.54, 1.807) is 6.07 Å². The Morgan fingerprint density at radius 3 is 3.05 bits per heavy atom. The van der Waals surface area contributed by atoms with Gasteiger partial charge in [-0.15, -0.1) is 0 Å². The Morgan fingerprint density at radius 1 is 1.47 bits per heavy atom. The number of methoxy groups -OCH3 is 1. The van der Waals surface area contributed by atoms with Crippen LogP contribution in [0.1, 0.15) is 19.2 Å². The molecule has 0 saturated carbocycles. The predicted octanol–water partition coefficient (Wildman–Crippen LogP) is 1.63. The standard InChI is InChI=1S/C12H13N5O2/c1-8(3-4-13)5-11-16-12(17-19-11)9-6-10(18-2)15-7-14-9/h6-8H,3,5H2,1-2H3. The molecular formula is C12H13N5O2. The molecule has 0 fully saturated rings.